The van der Waals surface area contributed by atoms with E-state index >= 15 is 0 Å². The van der Waals surface area contributed by atoms with E-state index < -0.39 is 33.7 Å². The molecule has 53 heavy (non-hydrogen) atoms. The molecule has 0 aromatic heterocycles. The van der Waals surface area contributed by atoms with E-state index in [9.17, 15) is 18.0 Å². The molecule has 0 spiro atoms. The third kappa shape index (κ3) is 8.07. The van der Waals surface area contributed by atoms with Crippen LogP contribution < -0.4 is 14.8 Å². The number of fused-ring (bicyclic) bond motifs is 4. The lowest BCUT2D eigenvalue weighted by Gasteiger charge is -2.24. The largest absolute Gasteiger partial charge is 0.487 e. The van der Waals surface area contributed by atoms with Gasteiger partial charge in [0.2, 0.25) is 5.96 Å². The lowest BCUT2D eigenvalue weighted by Crippen LogP contribution is -2.43. The highest BCUT2D eigenvalue weighted by Gasteiger charge is 2.37. The summed E-state index contributed by atoms with van der Waals surface area (Å²) in [6.07, 6.45) is 3.74. The quantitative estimate of drug-likeness (QED) is 0.0709. The maximum atomic E-state index is 14.1. The Morgan fingerprint density at radius 2 is 1.64 bits per heavy atom. The van der Waals surface area contributed by atoms with Crippen molar-refractivity contribution in [2.24, 2.45) is 4.99 Å². The second-order valence-corrected chi connectivity index (χ2v) is 16.3. The third-order valence-electron chi connectivity index (χ3n) is 10.4. The monoisotopic (exact) mass is 742 g/mol. The SMILES string of the molecule is C=CCOC(=O)[C@H](CCCN=C(NS(=O)(=O)c1c(C)c(C)c2c(c1C)CC(C)(C)O2)N1CCCC1)NC(=O)OCC1c2ccccc2-c2ccccc21. The van der Waals surface area contributed by atoms with Crippen LogP contribution in [0.5, 0.6) is 5.75 Å². The van der Waals surface area contributed by atoms with Gasteiger partial charge < -0.3 is 24.4 Å². The zero-order chi connectivity index (χ0) is 37.9. The van der Waals surface area contributed by atoms with Gasteiger partial charge in [0.25, 0.3) is 10.0 Å². The number of guanidine groups is 1. The van der Waals surface area contributed by atoms with Crippen LogP contribution in [0.15, 0.2) is 71.1 Å². The van der Waals surface area contributed by atoms with E-state index in [1.165, 1.54) is 6.08 Å². The number of carbonyl (C=O) groups is 2. The van der Waals surface area contributed by atoms with Crippen LogP contribution in [0.4, 0.5) is 4.79 Å². The van der Waals surface area contributed by atoms with Crippen molar-refractivity contribution in [3.8, 4) is 16.9 Å². The van der Waals surface area contributed by atoms with Crippen molar-refractivity contribution in [1.29, 1.82) is 0 Å². The molecular formula is C41H50N4O7S. The summed E-state index contributed by atoms with van der Waals surface area (Å²) in [6.45, 7) is 14.8. The van der Waals surface area contributed by atoms with Gasteiger partial charge in [-0.05, 0) is 99.2 Å². The zero-order valence-corrected chi connectivity index (χ0v) is 32.1. The van der Waals surface area contributed by atoms with Gasteiger partial charge in [-0.3, -0.25) is 4.99 Å². The van der Waals surface area contributed by atoms with Crippen molar-refractivity contribution in [3.63, 3.8) is 0 Å². The number of sulfonamides is 1. The zero-order valence-electron chi connectivity index (χ0n) is 31.3. The molecule has 282 valence electrons. The molecule has 0 bridgehead atoms. The molecule has 2 aliphatic heterocycles. The first kappa shape index (κ1) is 37.9. The van der Waals surface area contributed by atoms with Crippen LogP contribution in [-0.2, 0) is 30.7 Å². The molecule has 1 fully saturated rings. The van der Waals surface area contributed by atoms with E-state index in [1.807, 2.05) is 75.9 Å². The van der Waals surface area contributed by atoms with Crippen molar-refractivity contribution in [2.45, 2.75) is 89.2 Å². The molecule has 3 aromatic carbocycles. The van der Waals surface area contributed by atoms with Gasteiger partial charge in [0.05, 0.1) is 4.90 Å². The van der Waals surface area contributed by atoms with E-state index in [0.717, 1.165) is 52.0 Å². The van der Waals surface area contributed by atoms with Crippen molar-refractivity contribution in [3.05, 3.63) is 94.6 Å². The van der Waals surface area contributed by atoms with Crippen molar-refractivity contribution in [1.82, 2.24) is 14.9 Å². The molecule has 3 aliphatic rings. The first-order chi connectivity index (χ1) is 25.3. The number of hydrogen-bond donors (Lipinski definition) is 2. The Balaban J connectivity index is 1.13. The summed E-state index contributed by atoms with van der Waals surface area (Å²) in [5.41, 5.74) is 7.04. The molecule has 1 saturated heterocycles. The number of carbonyl (C=O) groups excluding carboxylic acids is 2. The summed E-state index contributed by atoms with van der Waals surface area (Å²) in [5.74, 6) is 0.291. The minimum atomic E-state index is -4.02. The van der Waals surface area contributed by atoms with Crippen LogP contribution in [0.25, 0.3) is 11.1 Å². The fourth-order valence-corrected chi connectivity index (χ4v) is 9.32. The Kier molecular flexibility index (Phi) is 11.2. The predicted octanol–water partition coefficient (Wildman–Crippen LogP) is 6.47. The van der Waals surface area contributed by atoms with Crippen LogP contribution in [0.1, 0.15) is 78.8 Å². The Morgan fingerprint density at radius 3 is 2.28 bits per heavy atom. The van der Waals surface area contributed by atoms with Gasteiger partial charge in [-0.1, -0.05) is 61.2 Å². The van der Waals surface area contributed by atoms with Crippen LogP contribution in [0, 0.1) is 20.8 Å². The molecule has 1 atom stereocenters. The minimum Gasteiger partial charge on any atom is -0.487 e. The topological polar surface area (TPSA) is 136 Å². The number of nitrogens with one attached hydrogen (secondary N) is 2. The molecule has 6 rings (SSSR count). The average molecular weight is 743 g/mol. The Bertz CT molecular complexity index is 1990. The number of alkyl carbamates (subject to hydrolysis) is 1. The van der Waals surface area contributed by atoms with Gasteiger partial charge in [-0.15, -0.1) is 0 Å². The highest BCUT2D eigenvalue weighted by atomic mass is 32.2. The summed E-state index contributed by atoms with van der Waals surface area (Å²) in [4.78, 5) is 33.1. The maximum absolute atomic E-state index is 14.1. The lowest BCUT2D eigenvalue weighted by molar-refractivity contribution is -0.145. The van der Waals surface area contributed by atoms with Gasteiger partial charge in [-0.2, -0.15) is 0 Å². The summed E-state index contributed by atoms with van der Waals surface area (Å²) >= 11 is 0. The lowest BCUT2D eigenvalue weighted by atomic mass is 9.94. The van der Waals surface area contributed by atoms with Crippen molar-refractivity contribution >= 4 is 28.0 Å². The second-order valence-electron chi connectivity index (χ2n) is 14.6. The molecule has 1 aliphatic carbocycles. The van der Waals surface area contributed by atoms with Gasteiger partial charge in [0.1, 0.15) is 30.6 Å². The molecule has 2 N–H and O–H groups in total. The second kappa shape index (κ2) is 15.6. The van der Waals surface area contributed by atoms with Gasteiger partial charge in [-0.25, -0.2) is 22.7 Å². The highest BCUT2D eigenvalue weighted by Crippen LogP contribution is 2.45. The van der Waals surface area contributed by atoms with E-state index in [2.05, 4.69) is 28.8 Å². The van der Waals surface area contributed by atoms with Gasteiger partial charge in [0.15, 0.2) is 0 Å². The number of benzene rings is 3. The first-order valence-electron chi connectivity index (χ1n) is 18.3. The average Bonchev–Trinajstić information content (AvgIpc) is 3.86. The molecule has 3 aromatic rings. The molecule has 11 nitrogen and oxygen atoms in total. The Morgan fingerprint density at radius 1 is 1.00 bits per heavy atom. The van der Waals surface area contributed by atoms with Crippen LogP contribution in [0.3, 0.4) is 0 Å². The number of hydrogen-bond acceptors (Lipinski definition) is 8. The van der Waals surface area contributed by atoms with Crippen molar-refractivity contribution in [2.75, 3.05) is 32.8 Å². The minimum absolute atomic E-state index is 0.00857. The predicted molar refractivity (Wildman–Crippen MR) is 205 cm³/mol. The Labute approximate surface area is 312 Å². The normalized spacial score (nSPS) is 16.6. The summed E-state index contributed by atoms with van der Waals surface area (Å²) < 4.78 is 48.2. The third-order valence-corrected chi connectivity index (χ3v) is 12.0. The number of nitrogens with zero attached hydrogens (tertiary/aromatic N) is 2. The number of amides is 1. The fraction of sp³-hybridized carbons (Fsp3) is 0.439. The van der Waals surface area contributed by atoms with Gasteiger partial charge >= 0.3 is 12.1 Å². The number of aliphatic imine (C=N–C) groups is 1. The van der Waals surface area contributed by atoms with Crippen molar-refractivity contribution < 1.29 is 32.2 Å². The summed E-state index contributed by atoms with van der Waals surface area (Å²) in [5, 5.41) is 2.69. The molecule has 2 heterocycles. The highest BCUT2D eigenvalue weighted by molar-refractivity contribution is 7.90. The smallest absolute Gasteiger partial charge is 0.407 e. The number of ether oxygens (including phenoxy) is 3. The molecular weight excluding hydrogens is 693 g/mol. The molecule has 1 amide bonds. The summed E-state index contributed by atoms with van der Waals surface area (Å²) in [7, 11) is -4.02. The number of likely N-dealkylation sites (tertiary alicyclic amines) is 1. The number of rotatable bonds is 12. The fourth-order valence-electron chi connectivity index (χ4n) is 7.70. The maximum Gasteiger partial charge on any atom is 0.407 e. The first-order valence-corrected chi connectivity index (χ1v) is 19.8. The molecule has 0 saturated carbocycles. The Hall–Kier alpha value is -4.84. The van der Waals surface area contributed by atoms with Crippen LogP contribution in [0.2, 0.25) is 0 Å². The standard InChI is InChI=1S/C41H50N4O7S/c1-7-23-50-38(46)35(43-40(47)51-25-34-31-17-10-8-15-29(31)30-16-9-11-18-32(30)34)19-14-20-42-39(45-21-12-13-22-45)44-53(48,49)37-27(3)26(2)36-33(28(37)4)24-41(5,6)52-36/h7-11,15-18,34-35H,1,12-14,19-25H2,2-6H3,(H,42,44)(H,43,47)/t35-/m0/s1. The van der Waals surface area contributed by atoms with E-state index in [-0.39, 0.29) is 43.0 Å². The van der Waals surface area contributed by atoms with Crippen LogP contribution in [-0.4, -0.2) is 75.8 Å². The van der Waals surface area contributed by atoms with Gasteiger partial charge in [0, 0.05) is 37.5 Å². The van der Waals surface area contributed by atoms with E-state index in [4.69, 9.17) is 19.2 Å². The van der Waals surface area contributed by atoms with E-state index in [0.29, 0.717) is 37.1 Å². The molecule has 0 unspecified atom stereocenters. The number of esters is 1. The molecule has 0 radical (unpaired) electrons. The van der Waals surface area contributed by atoms with Crippen LogP contribution >= 0.6 is 0 Å². The summed E-state index contributed by atoms with van der Waals surface area (Å²) in [6, 6.07) is 15.1. The van der Waals surface area contributed by atoms with E-state index in [1.54, 1.807) is 0 Å². The molecule has 12 heteroatoms.